The maximum atomic E-state index is 12.6. The van der Waals surface area contributed by atoms with E-state index in [1.165, 1.54) is 6.07 Å². The third-order valence-corrected chi connectivity index (χ3v) is 2.89. The van der Waals surface area contributed by atoms with Gasteiger partial charge in [0, 0.05) is 17.5 Å². The van der Waals surface area contributed by atoms with Crippen LogP contribution >= 0.6 is 0 Å². The smallest absolute Gasteiger partial charge is 0.268 e. The molecule has 0 fully saturated rings. The Bertz CT molecular complexity index is 434. The van der Waals surface area contributed by atoms with Crippen LogP contribution in [0, 0.1) is 0 Å². The minimum atomic E-state index is -2.85. The molecule has 100 valence electrons. The number of aliphatic hydroxyl groups excluding tert-OH is 1. The van der Waals surface area contributed by atoms with Gasteiger partial charge in [-0.1, -0.05) is 0 Å². The first-order chi connectivity index (χ1) is 8.52. The summed E-state index contributed by atoms with van der Waals surface area (Å²) in [7, 11) is 0. The Labute approximate surface area is 104 Å². The van der Waals surface area contributed by atoms with Gasteiger partial charge in [0.15, 0.2) is 0 Å². The predicted octanol–water partition coefficient (Wildman–Crippen LogP) is 2.71. The van der Waals surface area contributed by atoms with Gasteiger partial charge in [-0.25, -0.2) is 8.78 Å². The summed E-state index contributed by atoms with van der Waals surface area (Å²) in [5.41, 5.74) is 1.01. The first-order valence-electron chi connectivity index (χ1n) is 5.95. The van der Waals surface area contributed by atoms with Gasteiger partial charge in [-0.3, -0.25) is 0 Å². The molecule has 0 amide bonds. The molecule has 2 rings (SSSR count). The molecule has 0 spiro atoms. The Hall–Kier alpha value is -1.36. The average molecular weight is 258 g/mol. The van der Waals surface area contributed by atoms with Gasteiger partial charge in [-0.2, -0.15) is 0 Å². The molecule has 1 aromatic rings. The molecule has 2 unspecified atom stereocenters. The van der Waals surface area contributed by atoms with Crippen molar-refractivity contribution in [3.63, 3.8) is 0 Å². The number of benzene rings is 1. The third kappa shape index (κ3) is 2.41. The first kappa shape index (κ1) is 13.1. The second-order valence-electron chi connectivity index (χ2n) is 4.34. The maximum absolute atomic E-state index is 12.6. The summed E-state index contributed by atoms with van der Waals surface area (Å²) < 4.78 is 36.1. The minimum absolute atomic E-state index is 0.0217. The Morgan fingerprint density at radius 3 is 2.83 bits per heavy atom. The normalized spacial score (nSPS) is 19.6. The summed E-state index contributed by atoms with van der Waals surface area (Å²) >= 11 is 0. The fraction of sp³-hybridized carbons (Fsp3) is 0.538. The van der Waals surface area contributed by atoms with Crippen molar-refractivity contribution in [3.8, 4) is 11.5 Å². The third-order valence-electron chi connectivity index (χ3n) is 2.89. The molecule has 0 saturated carbocycles. The highest BCUT2D eigenvalue weighted by atomic mass is 19.3. The molecule has 18 heavy (non-hydrogen) atoms. The topological polar surface area (TPSA) is 38.7 Å². The molecule has 0 aliphatic carbocycles. The number of ether oxygens (including phenoxy) is 2. The van der Waals surface area contributed by atoms with Crippen molar-refractivity contribution in [2.24, 2.45) is 0 Å². The van der Waals surface area contributed by atoms with Crippen LogP contribution in [-0.2, 0) is 6.42 Å². The number of hydrogen-bond acceptors (Lipinski definition) is 3. The largest absolute Gasteiger partial charge is 0.493 e. The van der Waals surface area contributed by atoms with Crippen molar-refractivity contribution in [2.45, 2.75) is 38.9 Å². The zero-order valence-electron chi connectivity index (χ0n) is 10.3. The van der Waals surface area contributed by atoms with Crippen LogP contribution in [0.1, 0.15) is 31.1 Å². The summed E-state index contributed by atoms with van der Waals surface area (Å²) in [5.74, 6) is 0.863. The van der Waals surface area contributed by atoms with E-state index in [9.17, 15) is 13.9 Å². The second-order valence-corrected chi connectivity index (χ2v) is 4.34. The SMILES string of the molecule is CCOc1cc2c(cc1C(O)C(F)F)OC(C)C2. The van der Waals surface area contributed by atoms with Crippen LogP contribution in [0.2, 0.25) is 0 Å². The number of halogens is 2. The van der Waals surface area contributed by atoms with Gasteiger partial charge in [-0.15, -0.1) is 0 Å². The maximum Gasteiger partial charge on any atom is 0.268 e. The summed E-state index contributed by atoms with van der Waals surface area (Å²) in [6.07, 6.45) is -3.95. The number of rotatable bonds is 4. The van der Waals surface area contributed by atoms with E-state index in [0.717, 1.165) is 12.0 Å². The fourth-order valence-corrected chi connectivity index (χ4v) is 2.10. The highest BCUT2D eigenvalue weighted by Gasteiger charge is 2.28. The van der Waals surface area contributed by atoms with Crippen LogP contribution in [0.4, 0.5) is 8.78 Å². The molecule has 1 aliphatic rings. The van der Waals surface area contributed by atoms with E-state index in [-0.39, 0.29) is 11.7 Å². The number of fused-ring (bicyclic) bond motifs is 1. The molecule has 0 aromatic heterocycles. The monoisotopic (exact) mass is 258 g/mol. The lowest BCUT2D eigenvalue weighted by Crippen LogP contribution is -2.10. The van der Waals surface area contributed by atoms with Gasteiger partial charge in [0.05, 0.1) is 6.61 Å². The molecule has 1 aromatic carbocycles. The molecule has 2 atom stereocenters. The fourth-order valence-electron chi connectivity index (χ4n) is 2.10. The van der Waals surface area contributed by atoms with Crippen LogP contribution in [-0.4, -0.2) is 24.2 Å². The molecule has 1 N–H and O–H groups in total. The molecular weight excluding hydrogens is 242 g/mol. The first-order valence-corrected chi connectivity index (χ1v) is 5.95. The highest BCUT2D eigenvalue weighted by molar-refractivity contribution is 5.49. The van der Waals surface area contributed by atoms with E-state index in [1.54, 1.807) is 13.0 Å². The lowest BCUT2D eigenvalue weighted by atomic mass is 10.0. The van der Waals surface area contributed by atoms with Gasteiger partial charge < -0.3 is 14.6 Å². The number of hydrogen-bond donors (Lipinski definition) is 1. The molecule has 5 heteroatoms. The quantitative estimate of drug-likeness (QED) is 0.902. The van der Waals surface area contributed by atoms with Gasteiger partial charge in [-0.05, 0) is 26.0 Å². The van der Waals surface area contributed by atoms with Crippen molar-refractivity contribution in [2.75, 3.05) is 6.61 Å². The Morgan fingerprint density at radius 2 is 2.22 bits per heavy atom. The predicted molar refractivity (Wildman–Crippen MR) is 62.4 cm³/mol. The lowest BCUT2D eigenvalue weighted by molar-refractivity contribution is -0.00731. The van der Waals surface area contributed by atoms with E-state index in [1.807, 2.05) is 6.92 Å². The van der Waals surface area contributed by atoms with Crippen LogP contribution in [0.3, 0.4) is 0 Å². The molecule has 0 radical (unpaired) electrons. The van der Waals surface area contributed by atoms with Gasteiger partial charge in [0.2, 0.25) is 0 Å². The van der Waals surface area contributed by atoms with Crippen LogP contribution < -0.4 is 9.47 Å². The molecule has 3 nitrogen and oxygen atoms in total. The minimum Gasteiger partial charge on any atom is -0.493 e. The Morgan fingerprint density at radius 1 is 1.50 bits per heavy atom. The zero-order chi connectivity index (χ0) is 13.3. The Balaban J connectivity index is 2.41. The van der Waals surface area contributed by atoms with Crippen molar-refractivity contribution in [1.29, 1.82) is 0 Å². The Kier molecular flexibility index (Phi) is 3.71. The van der Waals surface area contributed by atoms with E-state index in [2.05, 4.69) is 0 Å². The van der Waals surface area contributed by atoms with Gasteiger partial charge >= 0.3 is 0 Å². The lowest BCUT2D eigenvalue weighted by Gasteiger charge is -2.16. The summed E-state index contributed by atoms with van der Waals surface area (Å²) in [5, 5.41) is 9.52. The van der Waals surface area contributed by atoms with Crippen molar-refractivity contribution in [1.82, 2.24) is 0 Å². The van der Waals surface area contributed by atoms with Crippen LogP contribution in [0.5, 0.6) is 11.5 Å². The average Bonchev–Trinajstić information content (AvgIpc) is 2.66. The van der Waals surface area contributed by atoms with Crippen LogP contribution in [0.15, 0.2) is 12.1 Å². The highest BCUT2D eigenvalue weighted by Crippen LogP contribution is 2.39. The van der Waals surface area contributed by atoms with Crippen molar-refractivity contribution < 1.29 is 23.4 Å². The number of aliphatic hydroxyl groups is 1. The zero-order valence-corrected chi connectivity index (χ0v) is 10.3. The molecule has 1 aliphatic heterocycles. The van der Waals surface area contributed by atoms with Gasteiger partial charge in [0.1, 0.15) is 23.7 Å². The van der Waals surface area contributed by atoms with E-state index in [0.29, 0.717) is 18.1 Å². The molecule has 0 bridgehead atoms. The summed E-state index contributed by atoms with van der Waals surface area (Å²) in [6.45, 7) is 4.03. The number of alkyl halides is 2. The van der Waals surface area contributed by atoms with Crippen LogP contribution in [0.25, 0.3) is 0 Å². The second kappa shape index (κ2) is 5.10. The standard InChI is InChI=1S/C13H16F2O3/c1-3-17-11-5-8-4-7(2)18-10(8)6-9(11)12(16)13(14)15/h5-7,12-13,16H,3-4H2,1-2H3. The summed E-state index contributed by atoms with van der Waals surface area (Å²) in [4.78, 5) is 0. The molecular formula is C13H16F2O3. The summed E-state index contributed by atoms with van der Waals surface area (Å²) in [6, 6.07) is 3.14. The van der Waals surface area contributed by atoms with E-state index in [4.69, 9.17) is 9.47 Å². The van der Waals surface area contributed by atoms with E-state index < -0.39 is 12.5 Å². The van der Waals surface area contributed by atoms with E-state index >= 15 is 0 Å². The molecule has 1 heterocycles. The van der Waals surface area contributed by atoms with Crippen molar-refractivity contribution in [3.05, 3.63) is 23.3 Å². The van der Waals surface area contributed by atoms with Crippen molar-refractivity contribution >= 4 is 0 Å². The molecule has 0 saturated heterocycles. The van der Waals surface area contributed by atoms with Gasteiger partial charge in [0.25, 0.3) is 6.43 Å².